The van der Waals surface area contributed by atoms with E-state index in [2.05, 4.69) is 30.1 Å². The Labute approximate surface area is 329 Å². The number of sulfonamides is 1. The van der Waals surface area contributed by atoms with Crippen LogP contribution in [0.1, 0.15) is 43.2 Å². The molecule has 2 aromatic heterocycles. The summed E-state index contributed by atoms with van der Waals surface area (Å²) in [5.74, 6) is 1.36. The van der Waals surface area contributed by atoms with Gasteiger partial charge in [0.15, 0.2) is 5.82 Å². The minimum absolute atomic E-state index is 0.0274. The van der Waals surface area contributed by atoms with Gasteiger partial charge in [-0.05, 0) is 50.3 Å². The Morgan fingerprint density at radius 3 is 2.32 bits per heavy atom. The van der Waals surface area contributed by atoms with Crippen LogP contribution in [0.5, 0.6) is 5.75 Å². The van der Waals surface area contributed by atoms with Gasteiger partial charge in [-0.25, -0.2) is 18.4 Å². The van der Waals surface area contributed by atoms with Crippen molar-refractivity contribution in [1.82, 2.24) is 24.2 Å². The number of carbonyl (C=O) groups is 1. The highest BCUT2D eigenvalue weighted by molar-refractivity contribution is 7.89. The number of nitrogens with one attached hydrogen (secondary N) is 1. The summed E-state index contributed by atoms with van der Waals surface area (Å²) in [6.45, 7) is 5.35. The molecule has 1 aromatic carbocycles. The molecule has 2 saturated heterocycles. The fraction of sp³-hybridized carbons (Fsp3) is 0.541. The van der Waals surface area contributed by atoms with Crippen molar-refractivity contribution in [3.8, 4) is 11.8 Å². The first-order chi connectivity index (χ1) is 26.9. The van der Waals surface area contributed by atoms with Gasteiger partial charge >= 0.3 is 6.18 Å². The topological polar surface area (TPSA) is 157 Å². The van der Waals surface area contributed by atoms with E-state index in [0.717, 1.165) is 70.1 Å². The number of pyridine rings is 1. The van der Waals surface area contributed by atoms with E-state index < -0.39 is 21.8 Å². The van der Waals surface area contributed by atoms with Crippen molar-refractivity contribution >= 4 is 44.9 Å². The van der Waals surface area contributed by atoms with E-state index >= 15 is 0 Å². The number of nitrogens with zero attached hydrogens (tertiary/aromatic N) is 8. The molecular weight excluding hydrogens is 775 g/mol. The summed E-state index contributed by atoms with van der Waals surface area (Å²) < 4.78 is 78.0. The Kier molecular flexibility index (Phi) is 13.9. The molecule has 1 amide bonds. The Balaban J connectivity index is 0.822. The molecule has 3 aromatic rings. The fourth-order valence-electron chi connectivity index (χ4n) is 7.04. The summed E-state index contributed by atoms with van der Waals surface area (Å²) in [6.07, 6.45) is 4.42. The van der Waals surface area contributed by atoms with Crippen LogP contribution in [0.3, 0.4) is 0 Å². The third-order valence-corrected chi connectivity index (χ3v) is 12.4. The van der Waals surface area contributed by atoms with Crippen LogP contribution in [0.15, 0.2) is 49.1 Å². The Bertz CT molecular complexity index is 1930. The van der Waals surface area contributed by atoms with Crippen LogP contribution in [0, 0.1) is 17.2 Å². The number of rotatable bonds is 14. The van der Waals surface area contributed by atoms with Gasteiger partial charge in [0.1, 0.15) is 17.6 Å². The Morgan fingerprint density at radius 2 is 1.66 bits per heavy atom. The van der Waals surface area contributed by atoms with Gasteiger partial charge in [0.2, 0.25) is 15.9 Å². The highest BCUT2D eigenvalue weighted by atomic mass is 35.5. The van der Waals surface area contributed by atoms with Crippen molar-refractivity contribution in [1.29, 1.82) is 5.26 Å². The second-order valence-electron chi connectivity index (χ2n) is 14.0. The van der Waals surface area contributed by atoms with Gasteiger partial charge in [0.25, 0.3) is 0 Å². The van der Waals surface area contributed by atoms with Gasteiger partial charge in [-0.3, -0.25) is 14.7 Å². The summed E-state index contributed by atoms with van der Waals surface area (Å²) in [4.78, 5) is 31.8. The molecule has 1 saturated carbocycles. The summed E-state index contributed by atoms with van der Waals surface area (Å²) in [5.41, 5.74) is -0.119. The number of benzene rings is 1. The molecule has 4 heterocycles. The number of hydrogen-bond acceptors (Lipinski definition) is 12. The molecule has 0 unspecified atom stereocenters. The number of anilines is 3. The predicted octanol–water partition coefficient (Wildman–Crippen LogP) is 4.67. The number of carbonyl (C=O) groups excluding carboxylic acids is 1. The van der Waals surface area contributed by atoms with Gasteiger partial charge in [0, 0.05) is 83.7 Å². The quantitative estimate of drug-likeness (QED) is 0.225. The lowest BCUT2D eigenvalue weighted by Crippen LogP contribution is -2.49. The highest BCUT2D eigenvalue weighted by Gasteiger charge is 2.33. The van der Waals surface area contributed by atoms with Gasteiger partial charge in [-0.2, -0.15) is 22.7 Å². The minimum atomic E-state index is -4.50. The molecule has 1 N–H and O–H groups in total. The second kappa shape index (κ2) is 18.8. The number of halogens is 4. The van der Waals surface area contributed by atoms with Gasteiger partial charge in [-0.15, -0.1) is 0 Å². The van der Waals surface area contributed by atoms with Gasteiger partial charge in [0.05, 0.1) is 58.9 Å². The summed E-state index contributed by atoms with van der Waals surface area (Å²) >= 11 is 6.12. The van der Waals surface area contributed by atoms with Gasteiger partial charge in [-0.1, -0.05) is 11.6 Å². The molecule has 3 fully saturated rings. The molecule has 2 aliphatic heterocycles. The monoisotopic (exact) mass is 819 g/mol. The largest absolute Gasteiger partial charge is 0.490 e. The minimum Gasteiger partial charge on any atom is -0.490 e. The van der Waals surface area contributed by atoms with Crippen LogP contribution in [0.25, 0.3) is 0 Å². The van der Waals surface area contributed by atoms with Crippen molar-refractivity contribution in [3.63, 3.8) is 0 Å². The van der Waals surface area contributed by atoms with Crippen molar-refractivity contribution < 1.29 is 35.9 Å². The fourth-order valence-corrected chi connectivity index (χ4v) is 8.56. The molecule has 6 rings (SSSR count). The van der Waals surface area contributed by atoms with E-state index in [9.17, 15) is 26.4 Å². The summed E-state index contributed by atoms with van der Waals surface area (Å²) in [7, 11) is -3.56. The number of hydrogen-bond donors (Lipinski definition) is 1. The van der Waals surface area contributed by atoms with Crippen molar-refractivity contribution in [3.05, 3.63) is 65.2 Å². The maximum Gasteiger partial charge on any atom is 0.417 e. The lowest BCUT2D eigenvalue weighted by Gasteiger charge is -2.35. The lowest BCUT2D eigenvalue weighted by molar-refractivity contribution is -0.137. The maximum atomic E-state index is 13.1. The molecule has 3 aliphatic rings. The van der Waals surface area contributed by atoms with Crippen molar-refractivity contribution in [2.75, 3.05) is 93.0 Å². The standard InChI is InChI=1S/C37H45ClF3N9O5S/c38-33-21-32(7-4-28(33)22-42)55-31-5-2-27(3-6-31)36(51)46-34-25-45-35(26-44-34)49-11-9-47(10-12-49)8-1-17-54-18-19-56(52,53)50-15-13-48(14-16-50)30-20-29(23-43-24-30)37(39,40)41/h4,7,20-21,23-27,31H,1-3,5-6,8-19H2,(H,44,46,51). The van der Waals surface area contributed by atoms with E-state index in [1.807, 2.05) is 6.07 Å². The zero-order chi connectivity index (χ0) is 39.7. The van der Waals surface area contributed by atoms with Crippen molar-refractivity contribution in [2.24, 2.45) is 5.92 Å². The molecule has 19 heteroatoms. The van der Waals surface area contributed by atoms with Crippen LogP contribution in [0.4, 0.5) is 30.5 Å². The number of piperazine rings is 2. The molecule has 1 aliphatic carbocycles. The van der Waals surface area contributed by atoms with Gasteiger partial charge < -0.3 is 24.6 Å². The summed E-state index contributed by atoms with van der Waals surface area (Å²) in [6, 6.07) is 8.08. The van der Waals surface area contributed by atoms with E-state index in [1.165, 1.54) is 10.5 Å². The zero-order valence-corrected chi connectivity index (χ0v) is 32.4. The van der Waals surface area contributed by atoms with Crippen LogP contribution in [-0.4, -0.2) is 122 Å². The second-order valence-corrected chi connectivity index (χ2v) is 16.5. The Morgan fingerprint density at radius 1 is 0.929 bits per heavy atom. The molecule has 14 nitrogen and oxygen atoms in total. The normalized spacial score (nSPS) is 20.1. The van der Waals surface area contributed by atoms with E-state index in [1.54, 1.807) is 35.5 Å². The summed E-state index contributed by atoms with van der Waals surface area (Å²) in [5, 5.41) is 12.3. The predicted molar refractivity (Wildman–Crippen MR) is 204 cm³/mol. The zero-order valence-electron chi connectivity index (χ0n) is 30.8. The highest BCUT2D eigenvalue weighted by Crippen LogP contribution is 2.32. The molecule has 302 valence electrons. The van der Waals surface area contributed by atoms with Crippen molar-refractivity contribution in [2.45, 2.75) is 44.4 Å². The first kappa shape index (κ1) is 41.4. The number of aromatic nitrogens is 3. The third-order valence-electron chi connectivity index (χ3n) is 10.3. The van der Waals surface area contributed by atoms with Crippen LogP contribution < -0.4 is 19.9 Å². The lowest BCUT2D eigenvalue weighted by atomic mass is 9.86. The first-order valence-electron chi connectivity index (χ1n) is 18.7. The third kappa shape index (κ3) is 11.2. The molecule has 0 bridgehead atoms. The first-order valence-corrected chi connectivity index (χ1v) is 20.7. The number of alkyl halides is 3. The SMILES string of the molecule is N#Cc1ccc(OC2CCC(C(=O)Nc3cnc(N4CCN(CCCOCCS(=O)(=O)N5CCN(c6cncc(C(F)(F)F)c6)CC5)CC4)cn3)CC2)cc1Cl. The molecular formula is C37H45ClF3N9O5S. The van der Waals surface area contributed by atoms with Crippen LogP contribution in [0.2, 0.25) is 5.02 Å². The number of nitriles is 1. The molecule has 56 heavy (non-hydrogen) atoms. The maximum absolute atomic E-state index is 13.1. The molecule has 0 radical (unpaired) electrons. The van der Waals surface area contributed by atoms with E-state index in [4.69, 9.17) is 26.3 Å². The van der Waals surface area contributed by atoms with Crippen LogP contribution >= 0.6 is 11.6 Å². The van der Waals surface area contributed by atoms with E-state index in [-0.39, 0.29) is 56.5 Å². The average molecular weight is 820 g/mol. The van der Waals surface area contributed by atoms with E-state index in [0.29, 0.717) is 47.3 Å². The number of amides is 1. The van der Waals surface area contributed by atoms with Crippen LogP contribution in [-0.2, 0) is 25.7 Å². The average Bonchev–Trinajstić information content (AvgIpc) is 3.20. The number of ether oxygens (including phenoxy) is 2. The smallest absolute Gasteiger partial charge is 0.417 e. The molecule has 0 atom stereocenters. The Hall–Kier alpha value is -4.28. The molecule has 0 spiro atoms.